The van der Waals surface area contributed by atoms with E-state index in [1.807, 2.05) is 36.6 Å². The van der Waals surface area contributed by atoms with Gasteiger partial charge in [0.25, 0.3) is 0 Å². The first kappa shape index (κ1) is 18.3. The van der Waals surface area contributed by atoms with E-state index in [0.29, 0.717) is 16.1 Å². The summed E-state index contributed by atoms with van der Waals surface area (Å²) in [6.07, 6.45) is 1.59. The lowest BCUT2D eigenvalue weighted by atomic mass is 10.1. The summed E-state index contributed by atoms with van der Waals surface area (Å²) >= 11 is 1.36. The lowest BCUT2D eigenvalue weighted by Gasteiger charge is -2.02. The summed E-state index contributed by atoms with van der Waals surface area (Å²) in [5.41, 5.74) is 3.65. The van der Waals surface area contributed by atoms with Crippen molar-refractivity contribution in [2.45, 2.75) is 6.92 Å². The minimum Gasteiger partial charge on any atom is -0.490 e. The highest BCUT2D eigenvalue weighted by molar-refractivity contribution is 7.11. The van der Waals surface area contributed by atoms with Gasteiger partial charge in [0.15, 0.2) is 5.75 Å². The van der Waals surface area contributed by atoms with Crippen LogP contribution in [0.5, 0.6) is 5.75 Å². The number of benzene rings is 2. The van der Waals surface area contributed by atoms with Gasteiger partial charge in [-0.2, -0.15) is 5.26 Å². The van der Waals surface area contributed by atoms with Crippen molar-refractivity contribution in [3.05, 3.63) is 74.1 Å². The average Bonchev–Trinajstić information content (AvgIpc) is 3.16. The second kappa shape index (κ2) is 7.81. The van der Waals surface area contributed by atoms with Crippen LogP contribution < -0.4 is 4.74 Å². The first-order valence-corrected chi connectivity index (χ1v) is 8.87. The topological polar surface area (TPSA) is 89.0 Å². The molecule has 0 aliphatic carbocycles. The van der Waals surface area contributed by atoms with Crippen molar-refractivity contribution in [3.63, 3.8) is 0 Å². The number of hydrogen-bond donors (Lipinski definition) is 0. The monoisotopic (exact) mass is 377 g/mol. The molecule has 0 saturated heterocycles. The van der Waals surface area contributed by atoms with E-state index in [9.17, 15) is 15.4 Å². The van der Waals surface area contributed by atoms with Crippen molar-refractivity contribution in [1.82, 2.24) is 4.98 Å². The van der Waals surface area contributed by atoms with Crippen LogP contribution in [0, 0.1) is 28.4 Å². The number of aromatic nitrogens is 1. The Morgan fingerprint density at radius 2 is 2.04 bits per heavy atom. The molecule has 0 N–H and O–H groups in total. The molecule has 0 bridgehead atoms. The van der Waals surface area contributed by atoms with Gasteiger partial charge >= 0.3 is 5.69 Å². The zero-order chi connectivity index (χ0) is 19.4. The van der Waals surface area contributed by atoms with Crippen LogP contribution in [0.4, 0.5) is 5.69 Å². The molecule has 1 heterocycles. The predicted molar refractivity (Wildman–Crippen MR) is 105 cm³/mol. The van der Waals surface area contributed by atoms with E-state index in [-0.39, 0.29) is 11.4 Å². The first-order chi connectivity index (χ1) is 13.0. The molecule has 1 aromatic heterocycles. The molecule has 2 aromatic carbocycles. The summed E-state index contributed by atoms with van der Waals surface area (Å²) in [7, 11) is 1.38. The quantitative estimate of drug-likeness (QED) is 0.351. The normalized spacial score (nSPS) is 11.1. The molecule has 0 amide bonds. The van der Waals surface area contributed by atoms with Gasteiger partial charge in [0.1, 0.15) is 11.1 Å². The van der Waals surface area contributed by atoms with Crippen LogP contribution in [-0.2, 0) is 0 Å². The average molecular weight is 377 g/mol. The predicted octanol–water partition coefficient (Wildman–Crippen LogP) is 5.10. The highest BCUT2D eigenvalue weighted by Gasteiger charge is 2.15. The zero-order valence-electron chi connectivity index (χ0n) is 14.7. The number of nitro groups is 1. The zero-order valence-corrected chi connectivity index (χ0v) is 15.5. The second-order valence-corrected chi connectivity index (χ2v) is 6.62. The molecule has 6 nitrogen and oxygen atoms in total. The number of hydrogen-bond acceptors (Lipinski definition) is 6. The van der Waals surface area contributed by atoms with Gasteiger partial charge in [-0.25, -0.2) is 4.98 Å². The molecule has 134 valence electrons. The molecule has 3 aromatic rings. The van der Waals surface area contributed by atoms with Gasteiger partial charge in [-0.3, -0.25) is 10.1 Å². The molecule has 3 rings (SSSR count). The fourth-order valence-electron chi connectivity index (χ4n) is 2.50. The maximum Gasteiger partial charge on any atom is 0.311 e. The number of methoxy groups -OCH3 is 1. The van der Waals surface area contributed by atoms with E-state index in [0.717, 1.165) is 16.8 Å². The number of nitriles is 1. The largest absolute Gasteiger partial charge is 0.490 e. The Hall–Kier alpha value is -3.50. The fourth-order valence-corrected chi connectivity index (χ4v) is 3.30. The summed E-state index contributed by atoms with van der Waals surface area (Å²) in [6, 6.07) is 14.7. The summed E-state index contributed by atoms with van der Waals surface area (Å²) in [5, 5.41) is 23.2. The minimum atomic E-state index is -0.513. The summed E-state index contributed by atoms with van der Waals surface area (Å²) < 4.78 is 5.00. The third kappa shape index (κ3) is 4.02. The smallest absolute Gasteiger partial charge is 0.311 e. The molecule has 0 spiro atoms. The van der Waals surface area contributed by atoms with Crippen molar-refractivity contribution in [2.75, 3.05) is 7.11 Å². The molecule has 0 aliphatic rings. The van der Waals surface area contributed by atoms with Crippen LogP contribution in [0.2, 0.25) is 0 Å². The van der Waals surface area contributed by atoms with Crippen molar-refractivity contribution in [1.29, 1.82) is 5.26 Å². The Labute approximate surface area is 160 Å². The minimum absolute atomic E-state index is 0.150. The van der Waals surface area contributed by atoms with Gasteiger partial charge in [0, 0.05) is 17.0 Å². The van der Waals surface area contributed by atoms with Crippen molar-refractivity contribution in [3.8, 4) is 23.1 Å². The van der Waals surface area contributed by atoms with Gasteiger partial charge in [0.05, 0.1) is 23.3 Å². The highest BCUT2D eigenvalue weighted by atomic mass is 32.1. The van der Waals surface area contributed by atoms with E-state index >= 15 is 0 Å². The first-order valence-electron chi connectivity index (χ1n) is 7.99. The van der Waals surface area contributed by atoms with Crippen LogP contribution in [-0.4, -0.2) is 17.0 Å². The molecule has 0 atom stereocenters. The van der Waals surface area contributed by atoms with E-state index in [1.54, 1.807) is 12.1 Å². The molecule has 0 unspecified atom stereocenters. The van der Waals surface area contributed by atoms with Gasteiger partial charge in [-0.15, -0.1) is 11.3 Å². The number of nitro benzene ring substituents is 1. The van der Waals surface area contributed by atoms with E-state index in [2.05, 4.69) is 11.1 Å². The summed E-state index contributed by atoms with van der Waals surface area (Å²) in [6.45, 7) is 2.01. The number of aryl methyl sites for hydroxylation is 1. The lowest BCUT2D eigenvalue weighted by Crippen LogP contribution is -1.94. The van der Waals surface area contributed by atoms with Crippen LogP contribution in [0.15, 0.2) is 47.8 Å². The van der Waals surface area contributed by atoms with Gasteiger partial charge in [-0.05, 0) is 24.6 Å². The Kier molecular flexibility index (Phi) is 5.29. The Morgan fingerprint density at radius 3 is 2.67 bits per heavy atom. The Morgan fingerprint density at radius 1 is 1.30 bits per heavy atom. The number of ether oxygens (including phenoxy) is 1. The molecule has 0 aliphatic heterocycles. The van der Waals surface area contributed by atoms with Gasteiger partial charge in [-0.1, -0.05) is 35.9 Å². The highest BCUT2D eigenvalue weighted by Crippen LogP contribution is 2.31. The Bertz CT molecular complexity index is 1060. The maximum atomic E-state index is 11.2. The third-order valence-electron chi connectivity index (χ3n) is 3.91. The number of nitrogens with zero attached hydrogens (tertiary/aromatic N) is 3. The SMILES string of the molecule is COc1ccc(/C=C(/C#N)c2nc(-c3ccc(C)cc3)cs2)cc1[N+](=O)[O-]. The number of rotatable bonds is 5. The molecular weight excluding hydrogens is 362 g/mol. The van der Waals surface area contributed by atoms with Crippen LogP contribution in [0.1, 0.15) is 16.1 Å². The van der Waals surface area contributed by atoms with E-state index in [1.165, 1.54) is 30.6 Å². The standard InChI is InChI=1S/C20H15N3O3S/c1-13-3-6-15(7-4-13)17-12-27-20(22-17)16(11-21)9-14-5-8-19(26-2)18(10-14)23(24)25/h3-10,12H,1-2H3/b16-9-. The molecule has 27 heavy (non-hydrogen) atoms. The number of allylic oxidation sites excluding steroid dienone is 1. The van der Waals surface area contributed by atoms with Crippen LogP contribution in [0.25, 0.3) is 22.9 Å². The molecular formula is C20H15N3O3S. The number of thiazole rings is 1. The Balaban J connectivity index is 1.96. The summed E-state index contributed by atoms with van der Waals surface area (Å²) in [5.74, 6) is 0.173. The van der Waals surface area contributed by atoms with Gasteiger partial charge in [0.2, 0.25) is 0 Å². The fraction of sp³-hybridized carbons (Fsp3) is 0.100. The van der Waals surface area contributed by atoms with Crippen LogP contribution in [0.3, 0.4) is 0 Å². The van der Waals surface area contributed by atoms with Crippen molar-refractivity contribution >= 4 is 28.7 Å². The summed E-state index contributed by atoms with van der Waals surface area (Å²) in [4.78, 5) is 15.2. The molecule has 0 fully saturated rings. The van der Waals surface area contributed by atoms with Crippen molar-refractivity contribution in [2.24, 2.45) is 0 Å². The van der Waals surface area contributed by atoms with Gasteiger partial charge < -0.3 is 4.74 Å². The van der Waals surface area contributed by atoms with E-state index in [4.69, 9.17) is 4.74 Å². The molecule has 0 radical (unpaired) electrons. The van der Waals surface area contributed by atoms with Crippen molar-refractivity contribution < 1.29 is 9.66 Å². The molecule has 0 saturated carbocycles. The third-order valence-corrected chi connectivity index (χ3v) is 4.79. The second-order valence-electron chi connectivity index (χ2n) is 5.76. The molecule has 7 heteroatoms. The van der Waals surface area contributed by atoms with Crippen LogP contribution >= 0.6 is 11.3 Å². The van der Waals surface area contributed by atoms with E-state index < -0.39 is 4.92 Å². The lowest BCUT2D eigenvalue weighted by molar-refractivity contribution is -0.385. The maximum absolute atomic E-state index is 11.2.